The second-order valence-corrected chi connectivity index (χ2v) is 8.85. The Morgan fingerprint density at radius 1 is 1.32 bits per heavy atom. The number of rotatable bonds is 3. The molecule has 7 heteroatoms. The molecule has 1 N–H and O–H groups in total. The minimum absolute atomic E-state index is 0.0125. The van der Waals surface area contributed by atoms with Crippen LogP contribution >= 0.6 is 34.2 Å². The van der Waals surface area contributed by atoms with Crippen molar-refractivity contribution in [1.82, 2.24) is 10.2 Å². The van der Waals surface area contributed by atoms with Crippen molar-refractivity contribution in [1.29, 1.82) is 0 Å². The van der Waals surface area contributed by atoms with E-state index in [0.717, 1.165) is 9.13 Å². The van der Waals surface area contributed by atoms with Gasteiger partial charge in [-0.1, -0.05) is 17.7 Å². The van der Waals surface area contributed by atoms with Gasteiger partial charge in [-0.15, -0.1) is 0 Å². The Morgan fingerprint density at radius 2 is 1.96 bits per heavy atom. The van der Waals surface area contributed by atoms with Gasteiger partial charge in [0.25, 0.3) is 0 Å². The lowest BCUT2D eigenvalue weighted by Crippen LogP contribution is -2.44. The molecule has 138 valence electrons. The lowest BCUT2D eigenvalue weighted by molar-refractivity contribution is -0.126. The summed E-state index contributed by atoms with van der Waals surface area (Å²) in [5.41, 5.74) is 0.402. The van der Waals surface area contributed by atoms with Crippen LogP contribution in [0.3, 0.4) is 0 Å². The van der Waals surface area contributed by atoms with Crippen LogP contribution in [0.15, 0.2) is 18.2 Å². The number of halogens is 2. The third-order valence-corrected chi connectivity index (χ3v) is 5.01. The molecule has 2 rings (SSSR count). The summed E-state index contributed by atoms with van der Waals surface area (Å²) in [7, 11) is 0. The highest BCUT2D eigenvalue weighted by Crippen LogP contribution is 2.21. The van der Waals surface area contributed by atoms with E-state index < -0.39 is 5.60 Å². The minimum Gasteiger partial charge on any atom is -0.444 e. The van der Waals surface area contributed by atoms with E-state index in [-0.39, 0.29) is 17.9 Å². The highest BCUT2D eigenvalue weighted by molar-refractivity contribution is 14.1. The summed E-state index contributed by atoms with van der Waals surface area (Å²) in [6.07, 6.45) is 0.980. The van der Waals surface area contributed by atoms with Crippen molar-refractivity contribution in [3.8, 4) is 0 Å². The lowest BCUT2D eigenvalue weighted by Gasteiger charge is -2.32. The minimum atomic E-state index is -0.502. The van der Waals surface area contributed by atoms with Gasteiger partial charge in [0.2, 0.25) is 5.91 Å². The highest BCUT2D eigenvalue weighted by atomic mass is 127. The molecule has 1 aliphatic rings. The summed E-state index contributed by atoms with van der Waals surface area (Å²) in [4.78, 5) is 26.1. The predicted molar refractivity (Wildman–Crippen MR) is 107 cm³/mol. The average Bonchev–Trinajstić information content (AvgIpc) is 2.52. The van der Waals surface area contributed by atoms with E-state index in [4.69, 9.17) is 16.3 Å². The quantitative estimate of drug-likeness (QED) is 0.662. The second-order valence-electron chi connectivity index (χ2n) is 7.20. The number of hydrogen-bond acceptors (Lipinski definition) is 3. The number of carbonyl (C=O) groups is 2. The summed E-state index contributed by atoms with van der Waals surface area (Å²) in [6, 6.07) is 5.77. The molecule has 25 heavy (non-hydrogen) atoms. The van der Waals surface area contributed by atoms with Crippen LogP contribution in [0.2, 0.25) is 5.02 Å². The molecular weight excluding hydrogens is 455 g/mol. The SMILES string of the molecule is CC(C)(C)OC(=O)N1CCC(C(=O)NCc2ccc(I)cc2Cl)CC1. The molecule has 0 aromatic heterocycles. The standard InChI is InChI=1S/C18H24ClIN2O3/c1-18(2,3)25-17(24)22-8-6-12(7-9-22)16(23)21-11-13-4-5-14(20)10-15(13)19/h4-5,10,12H,6-9,11H2,1-3H3,(H,21,23). The Hall–Kier alpha value is -1.02. The van der Waals surface area contributed by atoms with Crippen molar-refractivity contribution in [2.45, 2.75) is 45.8 Å². The van der Waals surface area contributed by atoms with Crippen molar-refractivity contribution in [3.63, 3.8) is 0 Å². The fourth-order valence-corrected chi connectivity index (χ4v) is 3.57. The van der Waals surface area contributed by atoms with Gasteiger partial charge in [0, 0.05) is 34.1 Å². The molecule has 1 heterocycles. The molecular formula is C18H24ClIN2O3. The fraction of sp³-hybridized carbons (Fsp3) is 0.556. The number of benzene rings is 1. The van der Waals surface area contributed by atoms with Gasteiger partial charge in [-0.3, -0.25) is 4.79 Å². The molecule has 0 saturated carbocycles. The third-order valence-electron chi connectivity index (χ3n) is 3.99. The first kappa shape index (κ1) is 20.3. The maximum absolute atomic E-state index is 12.4. The van der Waals surface area contributed by atoms with Crippen LogP contribution in [0.4, 0.5) is 4.79 Å². The Kier molecular flexibility index (Phi) is 6.96. The van der Waals surface area contributed by atoms with E-state index in [1.807, 2.05) is 39.0 Å². The summed E-state index contributed by atoms with van der Waals surface area (Å²) in [5.74, 6) is -0.0697. The average molecular weight is 479 g/mol. The zero-order valence-corrected chi connectivity index (χ0v) is 17.7. The number of carbonyl (C=O) groups excluding carboxylic acids is 2. The van der Waals surface area contributed by atoms with Gasteiger partial charge in [0.15, 0.2) is 0 Å². The number of piperidine rings is 1. The maximum Gasteiger partial charge on any atom is 0.410 e. The highest BCUT2D eigenvalue weighted by Gasteiger charge is 2.29. The van der Waals surface area contributed by atoms with Crippen molar-refractivity contribution in [2.24, 2.45) is 5.92 Å². The van der Waals surface area contributed by atoms with Gasteiger partial charge >= 0.3 is 6.09 Å². The van der Waals surface area contributed by atoms with E-state index >= 15 is 0 Å². The molecule has 0 aliphatic carbocycles. The Morgan fingerprint density at radius 3 is 2.52 bits per heavy atom. The van der Waals surface area contributed by atoms with Crippen LogP contribution in [0, 0.1) is 9.49 Å². The molecule has 1 aromatic carbocycles. The van der Waals surface area contributed by atoms with Gasteiger partial charge in [0.05, 0.1) is 0 Å². The molecule has 0 atom stereocenters. The van der Waals surface area contributed by atoms with E-state index in [2.05, 4.69) is 27.9 Å². The number of nitrogens with one attached hydrogen (secondary N) is 1. The molecule has 2 amide bonds. The van der Waals surface area contributed by atoms with Crippen molar-refractivity contribution in [2.75, 3.05) is 13.1 Å². The first-order valence-corrected chi connectivity index (χ1v) is 9.81. The first-order chi connectivity index (χ1) is 11.7. The first-order valence-electron chi connectivity index (χ1n) is 8.35. The van der Waals surface area contributed by atoms with Crippen molar-refractivity contribution >= 4 is 46.2 Å². The van der Waals surface area contributed by atoms with E-state index in [9.17, 15) is 9.59 Å². The molecule has 0 unspecified atom stereocenters. The molecule has 0 radical (unpaired) electrons. The molecule has 1 aliphatic heterocycles. The van der Waals surface area contributed by atoms with Crippen LogP contribution < -0.4 is 5.32 Å². The maximum atomic E-state index is 12.4. The van der Waals surface area contributed by atoms with Crippen LogP contribution in [0.1, 0.15) is 39.2 Å². The van der Waals surface area contributed by atoms with E-state index in [1.54, 1.807) is 4.90 Å². The van der Waals surface area contributed by atoms with Crippen LogP contribution in [-0.4, -0.2) is 35.6 Å². The molecule has 0 bridgehead atoms. The summed E-state index contributed by atoms with van der Waals surface area (Å²) >= 11 is 8.39. The van der Waals surface area contributed by atoms with Gasteiger partial charge in [-0.2, -0.15) is 0 Å². The Bertz CT molecular complexity index is 638. The molecule has 0 spiro atoms. The number of amides is 2. The number of ether oxygens (including phenoxy) is 1. The number of hydrogen-bond donors (Lipinski definition) is 1. The van der Waals surface area contributed by atoms with Crippen LogP contribution in [-0.2, 0) is 16.1 Å². The predicted octanol–water partition coefficient (Wildman–Crippen LogP) is 4.21. The molecule has 5 nitrogen and oxygen atoms in total. The van der Waals surface area contributed by atoms with Crippen molar-refractivity contribution < 1.29 is 14.3 Å². The Balaban J connectivity index is 1.80. The summed E-state index contributed by atoms with van der Waals surface area (Å²) < 4.78 is 6.43. The van der Waals surface area contributed by atoms with Gasteiger partial charge < -0.3 is 15.0 Å². The van der Waals surface area contributed by atoms with E-state index in [1.165, 1.54) is 0 Å². The monoisotopic (exact) mass is 478 g/mol. The fourth-order valence-electron chi connectivity index (χ4n) is 2.64. The zero-order valence-electron chi connectivity index (χ0n) is 14.8. The largest absolute Gasteiger partial charge is 0.444 e. The van der Waals surface area contributed by atoms with Gasteiger partial charge in [-0.05, 0) is 73.9 Å². The second kappa shape index (κ2) is 8.58. The van der Waals surface area contributed by atoms with Gasteiger partial charge in [0.1, 0.15) is 5.60 Å². The molecule has 1 saturated heterocycles. The summed E-state index contributed by atoms with van der Waals surface area (Å²) in [5, 5.41) is 3.61. The molecule has 1 fully saturated rings. The smallest absolute Gasteiger partial charge is 0.410 e. The molecule has 1 aromatic rings. The van der Waals surface area contributed by atoms with Gasteiger partial charge in [-0.25, -0.2) is 4.79 Å². The normalized spacial score (nSPS) is 15.8. The summed E-state index contributed by atoms with van der Waals surface area (Å²) in [6.45, 7) is 7.04. The van der Waals surface area contributed by atoms with Crippen molar-refractivity contribution in [3.05, 3.63) is 32.4 Å². The van der Waals surface area contributed by atoms with Crippen LogP contribution in [0.25, 0.3) is 0 Å². The number of likely N-dealkylation sites (tertiary alicyclic amines) is 1. The zero-order chi connectivity index (χ0) is 18.6. The van der Waals surface area contributed by atoms with Crippen LogP contribution in [0.5, 0.6) is 0 Å². The number of nitrogens with zero attached hydrogens (tertiary/aromatic N) is 1. The lowest BCUT2D eigenvalue weighted by atomic mass is 9.96. The Labute approximate surface area is 167 Å². The third kappa shape index (κ3) is 6.33. The topological polar surface area (TPSA) is 58.6 Å². The van der Waals surface area contributed by atoms with E-state index in [0.29, 0.717) is 37.5 Å².